The van der Waals surface area contributed by atoms with Crippen LogP contribution in [0.15, 0.2) is 24.3 Å². The van der Waals surface area contributed by atoms with Gasteiger partial charge in [-0.3, -0.25) is 4.90 Å². The van der Waals surface area contributed by atoms with Crippen molar-refractivity contribution in [2.45, 2.75) is 25.5 Å². The molecule has 0 radical (unpaired) electrons. The Balaban J connectivity index is 2.83. The fourth-order valence-electron chi connectivity index (χ4n) is 1.74. The van der Waals surface area contributed by atoms with Crippen molar-refractivity contribution in [2.75, 3.05) is 13.6 Å². The van der Waals surface area contributed by atoms with Crippen molar-refractivity contribution in [1.82, 2.24) is 4.90 Å². The van der Waals surface area contributed by atoms with E-state index in [4.69, 9.17) is 5.11 Å². The lowest BCUT2D eigenvalue weighted by Gasteiger charge is -2.30. The predicted octanol–water partition coefficient (Wildman–Crippen LogP) is 1.65. The third-order valence-electron chi connectivity index (χ3n) is 3.03. The third kappa shape index (κ3) is 3.27. The summed E-state index contributed by atoms with van der Waals surface area (Å²) in [5.74, 6) is -1.64. The third-order valence-corrected chi connectivity index (χ3v) is 3.03. The molecule has 2 N–H and O–H groups in total. The minimum absolute atomic E-state index is 0.0855. The molecule has 0 aromatic heterocycles. The number of hydrogen-bond donors (Lipinski definition) is 2. The van der Waals surface area contributed by atoms with E-state index in [1.165, 1.54) is 13.0 Å². The summed E-state index contributed by atoms with van der Waals surface area (Å²) in [4.78, 5) is 12.4. The average molecular weight is 255 g/mol. The topological polar surface area (TPSA) is 60.8 Å². The normalized spacial score (nSPS) is 16.3. The number of carboxylic acid groups (broad SMARTS) is 1. The Bertz CT molecular complexity index is 434. The van der Waals surface area contributed by atoms with Crippen LogP contribution in [0, 0.1) is 5.82 Å². The summed E-state index contributed by atoms with van der Waals surface area (Å²) in [6.45, 7) is 2.90. The summed E-state index contributed by atoms with van der Waals surface area (Å²) in [7, 11) is 1.65. The van der Waals surface area contributed by atoms with Crippen molar-refractivity contribution in [2.24, 2.45) is 0 Å². The lowest BCUT2D eigenvalue weighted by atomic mass is 10.0. The zero-order valence-electron chi connectivity index (χ0n) is 10.7. The van der Waals surface area contributed by atoms with E-state index in [1.807, 2.05) is 0 Å². The van der Waals surface area contributed by atoms with E-state index in [-0.39, 0.29) is 18.4 Å². The second kappa shape index (κ2) is 5.46. The molecule has 2 atom stereocenters. The standard InChI is InChI=1S/C13H18FNO3/c1-9(10-6-4-5-7-11(10)14)15(3)8-13(2,18)12(16)17/h4-7,9,18H,8H2,1-3H3,(H,16,17). The highest BCUT2D eigenvalue weighted by Crippen LogP contribution is 2.23. The number of carbonyl (C=O) groups is 1. The Morgan fingerprint density at radius 3 is 2.56 bits per heavy atom. The van der Waals surface area contributed by atoms with Crippen LogP contribution in [-0.2, 0) is 4.79 Å². The van der Waals surface area contributed by atoms with Gasteiger partial charge < -0.3 is 10.2 Å². The first kappa shape index (κ1) is 14.6. The zero-order valence-corrected chi connectivity index (χ0v) is 10.7. The lowest BCUT2D eigenvalue weighted by molar-refractivity contribution is -0.158. The Morgan fingerprint density at radius 2 is 2.06 bits per heavy atom. The predicted molar refractivity (Wildman–Crippen MR) is 65.7 cm³/mol. The molecule has 1 rings (SSSR count). The fraction of sp³-hybridized carbons (Fsp3) is 0.462. The van der Waals surface area contributed by atoms with Gasteiger partial charge in [0.25, 0.3) is 0 Å². The van der Waals surface area contributed by atoms with Gasteiger partial charge >= 0.3 is 5.97 Å². The van der Waals surface area contributed by atoms with E-state index < -0.39 is 11.6 Å². The van der Waals surface area contributed by atoms with Gasteiger partial charge in [0.15, 0.2) is 5.60 Å². The maximum atomic E-state index is 13.6. The Morgan fingerprint density at radius 1 is 1.50 bits per heavy atom. The van der Waals surface area contributed by atoms with E-state index in [0.717, 1.165) is 0 Å². The van der Waals surface area contributed by atoms with Gasteiger partial charge in [0.1, 0.15) is 5.82 Å². The Kier molecular flexibility index (Phi) is 4.43. The molecule has 4 nitrogen and oxygen atoms in total. The maximum absolute atomic E-state index is 13.6. The highest BCUT2D eigenvalue weighted by molar-refractivity contribution is 5.76. The molecule has 5 heteroatoms. The van der Waals surface area contributed by atoms with Crippen molar-refractivity contribution in [3.05, 3.63) is 35.6 Å². The zero-order chi connectivity index (χ0) is 13.9. The van der Waals surface area contributed by atoms with E-state index in [2.05, 4.69) is 0 Å². The van der Waals surface area contributed by atoms with Gasteiger partial charge in [0, 0.05) is 18.2 Å². The van der Waals surface area contributed by atoms with Crippen molar-refractivity contribution in [3.8, 4) is 0 Å². The van der Waals surface area contributed by atoms with Gasteiger partial charge in [-0.1, -0.05) is 18.2 Å². The van der Waals surface area contributed by atoms with Crippen molar-refractivity contribution in [3.63, 3.8) is 0 Å². The molecular formula is C13H18FNO3. The molecule has 1 aromatic carbocycles. The molecule has 0 saturated heterocycles. The molecule has 0 heterocycles. The number of halogens is 1. The molecule has 0 bridgehead atoms. The first-order chi connectivity index (χ1) is 8.25. The summed E-state index contributed by atoms with van der Waals surface area (Å²) in [6, 6.07) is 6.00. The maximum Gasteiger partial charge on any atom is 0.336 e. The highest BCUT2D eigenvalue weighted by atomic mass is 19.1. The number of aliphatic carboxylic acids is 1. The van der Waals surface area contributed by atoms with Crippen LogP contribution in [0.5, 0.6) is 0 Å². The van der Waals surface area contributed by atoms with Crippen LogP contribution >= 0.6 is 0 Å². The second-order valence-corrected chi connectivity index (χ2v) is 4.69. The van der Waals surface area contributed by atoms with Gasteiger partial charge in [-0.25, -0.2) is 9.18 Å². The smallest absolute Gasteiger partial charge is 0.336 e. The number of carboxylic acids is 1. The largest absolute Gasteiger partial charge is 0.479 e. The Hall–Kier alpha value is -1.46. The van der Waals surface area contributed by atoms with E-state index in [9.17, 15) is 14.3 Å². The number of likely N-dealkylation sites (N-methyl/N-ethyl adjacent to an activating group) is 1. The van der Waals surface area contributed by atoms with Gasteiger partial charge in [0.2, 0.25) is 0 Å². The van der Waals surface area contributed by atoms with Crippen LogP contribution in [-0.4, -0.2) is 40.3 Å². The molecule has 100 valence electrons. The number of hydrogen-bond acceptors (Lipinski definition) is 3. The molecule has 0 saturated carbocycles. The van der Waals surface area contributed by atoms with Gasteiger partial charge in [-0.2, -0.15) is 0 Å². The van der Waals surface area contributed by atoms with Crippen LogP contribution in [0.4, 0.5) is 4.39 Å². The minimum atomic E-state index is -1.85. The number of aliphatic hydroxyl groups is 1. The summed E-state index contributed by atoms with van der Waals surface area (Å²) in [5, 5.41) is 18.5. The molecular weight excluding hydrogens is 237 g/mol. The summed E-state index contributed by atoms with van der Waals surface area (Å²) < 4.78 is 13.6. The minimum Gasteiger partial charge on any atom is -0.479 e. The molecule has 0 amide bonds. The van der Waals surface area contributed by atoms with Crippen LogP contribution < -0.4 is 0 Å². The average Bonchev–Trinajstić information content (AvgIpc) is 2.28. The number of nitrogens with zero attached hydrogens (tertiary/aromatic N) is 1. The van der Waals surface area contributed by atoms with Crippen LogP contribution in [0.25, 0.3) is 0 Å². The molecule has 18 heavy (non-hydrogen) atoms. The van der Waals surface area contributed by atoms with Crippen LogP contribution in [0.3, 0.4) is 0 Å². The molecule has 2 unspecified atom stereocenters. The number of rotatable bonds is 5. The Labute approximate surface area is 106 Å². The summed E-state index contributed by atoms with van der Waals surface area (Å²) in [5.41, 5.74) is -1.38. The summed E-state index contributed by atoms with van der Waals surface area (Å²) >= 11 is 0. The molecule has 0 aliphatic heterocycles. The second-order valence-electron chi connectivity index (χ2n) is 4.69. The molecule has 1 aromatic rings. The molecule has 0 aliphatic rings. The van der Waals surface area contributed by atoms with E-state index >= 15 is 0 Å². The molecule has 0 fully saturated rings. The van der Waals surface area contributed by atoms with E-state index in [0.29, 0.717) is 5.56 Å². The highest BCUT2D eigenvalue weighted by Gasteiger charge is 2.33. The van der Waals surface area contributed by atoms with Crippen molar-refractivity contribution >= 4 is 5.97 Å². The van der Waals surface area contributed by atoms with Crippen molar-refractivity contribution < 1.29 is 19.4 Å². The van der Waals surface area contributed by atoms with Crippen LogP contribution in [0.1, 0.15) is 25.5 Å². The summed E-state index contributed by atoms with van der Waals surface area (Å²) in [6.07, 6.45) is 0. The van der Waals surface area contributed by atoms with Crippen LogP contribution in [0.2, 0.25) is 0 Å². The lowest BCUT2D eigenvalue weighted by Crippen LogP contribution is -2.46. The van der Waals surface area contributed by atoms with Crippen molar-refractivity contribution in [1.29, 1.82) is 0 Å². The SMILES string of the molecule is CC(c1ccccc1F)N(C)CC(C)(O)C(=O)O. The molecule has 0 spiro atoms. The number of benzene rings is 1. The fourth-order valence-corrected chi connectivity index (χ4v) is 1.74. The van der Waals surface area contributed by atoms with Gasteiger partial charge in [-0.05, 0) is 27.0 Å². The quantitative estimate of drug-likeness (QED) is 0.840. The first-order valence-corrected chi connectivity index (χ1v) is 5.66. The van der Waals surface area contributed by atoms with E-state index in [1.54, 1.807) is 37.1 Å². The molecule has 0 aliphatic carbocycles. The van der Waals surface area contributed by atoms with Gasteiger partial charge in [0.05, 0.1) is 0 Å². The first-order valence-electron chi connectivity index (χ1n) is 5.66. The van der Waals surface area contributed by atoms with Gasteiger partial charge in [-0.15, -0.1) is 0 Å². The monoisotopic (exact) mass is 255 g/mol.